The summed E-state index contributed by atoms with van der Waals surface area (Å²) in [6.07, 6.45) is 0.658. The number of anilines is 2. The fourth-order valence-corrected chi connectivity index (χ4v) is 3.56. The minimum atomic E-state index is -3.59. The quantitative estimate of drug-likeness (QED) is 0.655. The molecule has 2 atom stereocenters. The van der Waals surface area contributed by atoms with Gasteiger partial charge in [-0.3, -0.25) is 4.79 Å². The molecule has 1 aliphatic rings. The first-order valence-corrected chi connectivity index (χ1v) is 9.70. The van der Waals surface area contributed by atoms with Crippen molar-refractivity contribution < 1.29 is 17.9 Å². The van der Waals surface area contributed by atoms with Crippen LogP contribution in [0.4, 0.5) is 11.4 Å². The maximum absolute atomic E-state index is 12.5. The highest BCUT2D eigenvalue weighted by molar-refractivity contribution is 7.89. The van der Waals surface area contributed by atoms with Crippen LogP contribution in [0.3, 0.4) is 0 Å². The van der Waals surface area contributed by atoms with Gasteiger partial charge in [0.15, 0.2) is 0 Å². The summed E-state index contributed by atoms with van der Waals surface area (Å²) in [7, 11) is -0.665. The van der Waals surface area contributed by atoms with Crippen molar-refractivity contribution in [1.29, 1.82) is 0 Å². The highest BCUT2D eigenvalue weighted by Gasteiger charge is 2.30. The van der Waals surface area contributed by atoms with Crippen LogP contribution in [0, 0.1) is 0 Å². The third-order valence-corrected chi connectivity index (χ3v) is 5.87. The molecule has 9 heteroatoms. The molecule has 0 spiro atoms. The lowest BCUT2D eigenvalue weighted by Crippen LogP contribution is -2.30. The summed E-state index contributed by atoms with van der Waals surface area (Å²) in [5, 5.41) is 5.90. The van der Waals surface area contributed by atoms with Gasteiger partial charge in [-0.1, -0.05) is 0 Å². The van der Waals surface area contributed by atoms with Crippen molar-refractivity contribution in [2.45, 2.75) is 36.9 Å². The summed E-state index contributed by atoms with van der Waals surface area (Å²) in [6.45, 7) is 2.93. The molecule has 25 heavy (non-hydrogen) atoms. The van der Waals surface area contributed by atoms with Gasteiger partial charge in [-0.25, -0.2) is 12.7 Å². The van der Waals surface area contributed by atoms with Crippen LogP contribution >= 0.6 is 0 Å². The van der Waals surface area contributed by atoms with Gasteiger partial charge in [0.05, 0.1) is 22.4 Å². The summed E-state index contributed by atoms with van der Waals surface area (Å²) in [4.78, 5) is 12.6. The molecule has 140 valence electrons. The monoisotopic (exact) mass is 370 g/mol. The zero-order chi connectivity index (χ0) is 18.6. The van der Waals surface area contributed by atoms with Gasteiger partial charge in [-0.05, 0) is 38.0 Å². The van der Waals surface area contributed by atoms with E-state index in [4.69, 9.17) is 10.5 Å². The smallest absolute Gasteiger partial charge is 0.253 e. The van der Waals surface area contributed by atoms with E-state index in [1.807, 2.05) is 6.92 Å². The van der Waals surface area contributed by atoms with Crippen LogP contribution in [0.2, 0.25) is 0 Å². The van der Waals surface area contributed by atoms with Crippen molar-refractivity contribution in [2.24, 2.45) is 5.73 Å². The lowest BCUT2D eigenvalue weighted by atomic mass is 10.2. The minimum Gasteiger partial charge on any atom is -0.384 e. The third kappa shape index (κ3) is 4.49. The molecule has 0 radical (unpaired) electrons. The molecule has 4 N–H and O–H groups in total. The van der Waals surface area contributed by atoms with E-state index >= 15 is 0 Å². The second-order valence-corrected chi connectivity index (χ2v) is 8.23. The second-order valence-electron chi connectivity index (χ2n) is 6.07. The lowest BCUT2D eigenvalue weighted by molar-refractivity contribution is -0.126. The van der Waals surface area contributed by atoms with E-state index < -0.39 is 16.1 Å². The largest absolute Gasteiger partial charge is 0.384 e. The van der Waals surface area contributed by atoms with Crippen molar-refractivity contribution in [3.63, 3.8) is 0 Å². The van der Waals surface area contributed by atoms with Crippen molar-refractivity contribution in [3.8, 4) is 0 Å². The molecule has 1 aromatic carbocycles. The maximum atomic E-state index is 12.5. The number of nitrogens with one attached hydrogen (secondary N) is 2. The number of amides is 1. The minimum absolute atomic E-state index is 0.107. The third-order valence-electron chi connectivity index (χ3n) is 4.06. The van der Waals surface area contributed by atoms with Crippen LogP contribution < -0.4 is 16.4 Å². The molecule has 2 rings (SSSR count). The van der Waals surface area contributed by atoms with Gasteiger partial charge in [-0.15, -0.1) is 0 Å². The first-order valence-electron chi connectivity index (χ1n) is 8.26. The molecule has 1 amide bonds. The normalized spacial score (nSPS) is 20.7. The molecule has 1 aromatic rings. The average Bonchev–Trinajstić information content (AvgIpc) is 3.05. The van der Waals surface area contributed by atoms with E-state index in [9.17, 15) is 13.2 Å². The van der Waals surface area contributed by atoms with E-state index in [2.05, 4.69) is 10.6 Å². The molecular weight excluding hydrogens is 344 g/mol. The van der Waals surface area contributed by atoms with E-state index in [0.29, 0.717) is 30.9 Å². The zero-order valence-electron chi connectivity index (χ0n) is 14.8. The van der Waals surface area contributed by atoms with Crippen molar-refractivity contribution in [2.75, 3.05) is 37.8 Å². The van der Waals surface area contributed by atoms with Crippen molar-refractivity contribution in [1.82, 2.24) is 4.31 Å². The topological polar surface area (TPSA) is 114 Å². The number of carbonyl (C=O) groups excluding carboxylic acids is 1. The van der Waals surface area contributed by atoms with Crippen LogP contribution in [0.5, 0.6) is 0 Å². The van der Waals surface area contributed by atoms with Crippen LogP contribution in [-0.4, -0.2) is 58.0 Å². The highest BCUT2D eigenvalue weighted by atomic mass is 32.2. The molecule has 0 saturated carbocycles. The van der Waals surface area contributed by atoms with Crippen LogP contribution in [0.25, 0.3) is 0 Å². The Morgan fingerprint density at radius 3 is 2.60 bits per heavy atom. The fourth-order valence-electron chi connectivity index (χ4n) is 2.63. The Hall–Kier alpha value is -1.68. The second kappa shape index (κ2) is 8.13. The van der Waals surface area contributed by atoms with E-state index in [-0.39, 0.29) is 16.9 Å². The predicted octanol–water partition coefficient (Wildman–Crippen LogP) is 0.814. The van der Waals surface area contributed by atoms with Gasteiger partial charge in [0.1, 0.15) is 6.10 Å². The molecule has 0 aromatic heterocycles. The maximum Gasteiger partial charge on any atom is 0.253 e. The molecule has 1 fully saturated rings. The molecular formula is C16H26N4O4S. The molecule has 1 saturated heterocycles. The summed E-state index contributed by atoms with van der Waals surface area (Å²) in [5.41, 5.74) is 6.64. The molecule has 0 bridgehead atoms. The summed E-state index contributed by atoms with van der Waals surface area (Å²) in [5.74, 6) is -0.297. The fraction of sp³-hybridized carbons (Fsp3) is 0.562. The van der Waals surface area contributed by atoms with Gasteiger partial charge in [-0.2, -0.15) is 0 Å². The Labute approximate surface area is 148 Å². The molecule has 8 nitrogen and oxygen atoms in total. The van der Waals surface area contributed by atoms with Crippen molar-refractivity contribution in [3.05, 3.63) is 18.2 Å². The van der Waals surface area contributed by atoms with Gasteiger partial charge in [0.25, 0.3) is 5.91 Å². The average molecular weight is 370 g/mol. The van der Waals surface area contributed by atoms with Gasteiger partial charge >= 0.3 is 0 Å². The number of ether oxygens (including phenoxy) is 1. The number of nitrogens with two attached hydrogens (primary N) is 1. The Bertz CT molecular complexity index is 721. The molecule has 0 unspecified atom stereocenters. The first kappa shape index (κ1) is 19.6. The zero-order valence-corrected chi connectivity index (χ0v) is 15.6. The molecule has 1 heterocycles. The number of carbonyl (C=O) groups is 1. The Morgan fingerprint density at radius 1 is 1.32 bits per heavy atom. The number of nitrogens with zero attached hydrogens (tertiary/aromatic N) is 1. The predicted molar refractivity (Wildman–Crippen MR) is 97.1 cm³/mol. The van der Waals surface area contributed by atoms with Gasteiger partial charge in [0, 0.05) is 27.2 Å². The SMILES string of the molecule is CCNc1ccc(S(=O)(=O)N(C)C)cc1NC(=O)[C@@H]1CC[C@H](CN)O1. The number of hydrogen-bond acceptors (Lipinski definition) is 6. The summed E-state index contributed by atoms with van der Waals surface area (Å²) in [6, 6.07) is 4.62. The summed E-state index contributed by atoms with van der Waals surface area (Å²) >= 11 is 0. The van der Waals surface area contributed by atoms with Crippen molar-refractivity contribution >= 4 is 27.3 Å². The number of hydrogen-bond donors (Lipinski definition) is 3. The highest BCUT2D eigenvalue weighted by Crippen LogP contribution is 2.28. The Balaban J connectivity index is 2.26. The Kier molecular flexibility index (Phi) is 6.39. The van der Waals surface area contributed by atoms with Crippen LogP contribution in [0.1, 0.15) is 19.8 Å². The van der Waals surface area contributed by atoms with E-state index in [0.717, 1.165) is 10.7 Å². The van der Waals surface area contributed by atoms with Crippen LogP contribution in [0.15, 0.2) is 23.1 Å². The molecule has 1 aliphatic heterocycles. The van der Waals surface area contributed by atoms with Crippen LogP contribution in [-0.2, 0) is 19.6 Å². The van der Waals surface area contributed by atoms with E-state index in [1.54, 1.807) is 6.07 Å². The summed E-state index contributed by atoms with van der Waals surface area (Å²) < 4.78 is 31.4. The number of rotatable bonds is 7. The Morgan fingerprint density at radius 2 is 2.04 bits per heavy atom. The molecule has 0 aliphatic carbocycles. The number of benzene rings is 1. The van der Waals surface area contributed by atoms with E-state index in [1.165, 1.54) is 26.2 Å². The standard InChI is InChI=1S/C16H26N4O4S/c1-4-18-13-7-6-12(25(22,23)20(2)3)9-14(13)19-16(21)15-8-5-11(10-17)24-15/h6-7,9,11,15,18H,4-5,8,10,17H2,1-3H3,(H,19,21)/t11-,15+/m1/s1. The van der Waals surface area contributed by atoms with Gasteiger partial charge in [0.2, 0.25) is 10.0 Å². The lowest BCUT2D eigenvalue weighted by Gasteiger charge is -2.18. The first-order chi connectivity index (χ1) is 11.8. The van der Waals surface area contributed by atoms with Gasteiger partial charge < -0.3 is 21.1 Å². The number of sulfonamides is 1.